The lowest BCUT2D eigenvalue weighted by molar-refractivity contribution is -0.385. The van der Waals surface area contributed by atoms with Gasteiger partial charge in [0.25, 0.3) is 5.69 Å². The van der Waals surface area contributed by atoms with Crippen LogP contribution in [0.1, 0.15) is 23.6 Å². The van der Waals surface area contributed by atoms with E-state index >= 15 is 0 Å². The van der Waals surface area contributed by atoms with Crippen LogP contribution in [0.5, 0.6) is 0 Å². The van der Waals surface area contributed by atoms with Crippen molar-refractivity contribution >= 4 is 23.2 Å². The van der Waals surface area contributed by atoms with Gasteiger partial charge in [-0.2, -0.15) is 0 Å². The van der Waals surface area contributed by atoms with Crippen molar-refractivity contribution in [1.29, 1.82) is 0 Å². The van der Waals surface area contributed by atoms with Gasteiger partial charge in [-0.05, 0) is 11.2 Å². The average molecular weight is 272 g/mol. The fourth-order valence-corrected chi connectivity index (χ4v) is 1.46. The smallest absolute Gasteiger partial charge is 0.274 e. The Morgan fingerprint density at radius 1 is 1.61 bits per heavy atom. The lowest BCUT2D eigenvalue weighted by atomic mass is 10.1. The average Bonchev–Trinajstić information content (AvgIpc) is 2.34. The summed E-state index contributed by atoms with van der Waals surface area (Å²) < 4.78 is 0. The summed E-state index contributed by atoms with van der Waals surface area (Å²) in [7, 11) is 0. The number of alkyl halides is 1. The number of halogens is 1. The van der Waals surface area contributed by atoms with E-state index in [1.807, 2.05) is 0 Å². The zero-order chi connectivity index (χ0) is 13.7. The number of rotatable bonds is 5. The highest BCUT2D eigenvalue weighted by Crippen LogP contribution is 2.27. The Balaban J connectivity index is 3.08. The van der Waals surface area contributed by atoms with Crippen LogP contribution in [0.4, 0.5) is 5.69 Å². The lowest BCUT2D eigenvalue weighted by Crippen LogP contribution is -2.19. The first-order valence-corrected chi connectivity index (χ1v) is 5.37. The maximum absolute atomic E-state index is 10.9. The van der Waals surface area contributed by atoms with Crippen LogP contribution in [0.2, 0.25) is 0 Å². The van der Waals surface area contributed by atoms with Crippen molar-refractivity contribution < 1.29 is 9.72 Å². The van der Waals surface area contributed by atoms with Gasteiger partial charge in [0.1, 0.15) is 0 Å². The van der Waals surface area contributed by atoms with Crippen molar-refractivity contribution in [2.75, 3.05) is 0 Å². The number of carbonyl (C=O) groups is 1. The number of nitroso groups, excluding NO2 is 1. The van der Waals surface area contributed by atoms with Gasteiger partial charge < -0.3 is 5.32 Å². The molecule has 1 unspecified atom stereocenters. The second-order valence-corrected chi connectivity index (χ2v) is 3.91. The van der Waals surface area contributed by atoms with Gasteiger partial charge in [-0.3, -0.25) is 14.9 Å². The Morgan fingerprint density at radius 3 is 2.78 bits per heavy atom. The predicted molar refractivity (Wildman–Crippen MR) is 65.0 cm³/mol. The summed E-state index contributed by atoms with van der Waals surface area (Å²) in [6.07, 6.45) is 0. The number of hydrogen-bond donors (Lipinski definition) is 1. The predicted octanol–water partition coefficient (Wildman–Crippen LogP) is 2.23. The Kier molecular flexibility index (Phi) is 4.73. The van der Waals surface area contributed by atoms with Crippen LogP contribution in [0.25, 0.3) is 0 Å². The molecule has 1 amide bonds. The van der Waals surface area contributed by atoms with Gasteiger partial charge in [-0.25, -0.2) is 0 Å². The number of carbonyl (C=O) groups excluding carboxylic acids is 1. The molecule has 0 spiro atoms. The van der Waals surface area contributed by atoms with Crippen molar-refractivity contribution in [3.63, 3.8) is 0 Å². The van der Waals surface area contributed by atoms with Crippen molar-refractivity contribution in [1.82, 2.24) is 5.32 Å². The third kappa shape index (κ3) is 3.49. The Bertz CT molecular complexity index is 492. The summed E-state index contributed by atoms with van der Waals surface area (Å²) in [5.74, 6) is -0.293. The molecule has 0 fully saturated rings. The van der Waals surface area contributed by atoms with Crippen LogP contribution < -0.4 is 5.32 Å². The van der Waals surface area contributed by atoms with Crippen LogP contribution in [-0.2, 0) is 11.3 Å². The number of benzene rings is 1. The number of amides is 1. The van der Waals surface area contributed by atoms with E-state index in [4.69, 9.17) is 11.6 Å². The molecule has 0 radical (unpaired) electrons. The van der Waals surface area contributed by atoms with E-state index in [0.717, 1.165) is 0 Å². The van der Waals surface area contributed by atoms with Gasteiger partial charge >= 0.3 is 0 Å². The lowest BCUT2D eigenvalue weighted by Gasteiger charge is -2.06. The molecule has 0 bridgehead atoms. The highest BCUT2D eigenvalue weighted by atomic mass is 35.5. The molecule has 7 nitrogen and oxygen atoms in total. The van der Waals surface area contributed by atoms with E-state index in [-0.39, 0.29) is 23.7 Å². The van der Waals surface area contributed by atoms with Gasteiger partial charge in [0.15, 0.2) is 5.50 Å². The second kappa shape index (κ2) is 6.06. The van der Waals surface area contributed by atoms with E-state index in [0.29, 0.717) is 5.56 Å². The first kappa shape index (κ1) is 14.0. The Hall–Kier alpha value is -2.02. The molecule has 1 N–H and O–H groups in total. The summed E-state index contributed by atoms with van der Waals surface area (Å²) in [6.45, 7) is 1.35. The van der Waals surface area contributed by atoms with Gasteiger partial charge in [0, 0.05) is 30.7 Å². The SMILES string of the molecule is CC(=O)NCc1ccc(C(Cl)N=O)cc1[N+](=O)[O-]. The monoisotopic (exact) mass is 271 g/mol. The molecule has 0 aliphatic heterocycles. The minimum atomic E-state index is -1.17. The number of nitrogens with zero attached hydrogens (tertiary/aromatic N) is 2. The largest absolute Gasteiger partial charge is 0.352 e. The molecule has 0 saturated carbocycles. The van der Waals surface area contributed by atoms with Crippen LogP contribution in [0.15, 0.2) is 23.4 Å². The molecule has 1 aromatic carbocycles. The fraction of sp³-hybridized carbons (Fsp3) is 0.300. The van der Waals surface area contributed by atoms with E-state index < -0.39 is 10.4 Å². The van der Waals surface area contributed by atoms with Crippen molar-refractivity contribution in [3.8, 4) is 0 Å². The molecule has 0 saturated heterocycles. The molecule has 0 heterocycles. The van der Waals surface area contributed by atoms with Crippen LogP contribution >= 0.6 is 11.6 Å². The molecule has 0 aliphatic carbocycles. The highest BCUT2D eigenvalue weighted by molar-refractivity contribution is 6.20. The van der Waals surface area contributed by atoms with Crippen LogP contribution in [0, 0.1) is 15.0 Å². The normalized spacial score (nSPS) is 11.7. The van der Waals surface area contributed by atoms with E-state index in [1.54, 1.807) is 0 Å². The minimum Gasteiger partial charge on any atom is -0.352 e. The van der Waals surface area contributed by atoms with Gasteiger partial charge in [-0.15, -0.1) is 4.91 Å². The number of nitro groups is 1. The van der Waals surface area contributed by atoms with Gasteiger partial charge in [0.05, 0.1) is 4.92 Å². The Labute approximate surface area is 107 Å². The van der Waals surface area contributed by atoms with E-state index in [1.165, 1.54) is 25.1 Å². The molecular weight excluding hydrogens is 262 g/mol. The van der Waals surface area contributed by atoms with Crippen molar-refractivity contribution in [2.24, 2.45) is 5.18 Å². The van der Waals surface area contributed by atoms with Crippen LogP contribution in [-0.4, -0.2) is 10.8 Å². The quantitative estimate of drug-likeness (QED) is 0.292. The fourth-order valence-electron chi connectivity index (χ4n) is 1.33. The van der Waals surface area contributed by atoms with Crippen LogP contribution in [0.3, 0.4) is 0 Å². The van der Waals surface area contributed by atoms with Crippen molar-refractivity contribution in [2.45, 2.75) is 19.0 Å². The van der Waals surface area contributed by atoms with Crippen molar-refractivity contribution in [3.05, 3.63) is 44.3 Å². The zero-order valence-electron chi connectivity index (χ0n) is 9.42. The van der Waals surface area contributed by atoms with E-state index in [9.17, 15) is 19.8 Å². The summed E-state index contributed by atoms with van der Waals surface area (Å²) >= 11 is 5.58. The summed E-state index contributed by atoms with van der Waals surface area (Å²) in [4.78, 5) is 31.3. The number of nitrogens with one attached hydrogen (secondary N) is 1. The molecule has 0 aliphatic rings. The third-order valence-electron chi connectivity index (χ3n) is 2.20. The maximum atomic E-state index is 10.9. The second-order valence-electron chi connectivity index (χ2n) is 3.50. The standard InChI is InChI=1S/C10H10ClN3O4/c1-6(15)12-5-8-3-2-7(10(11)13-16)4-9(8)14(17)18/h2-4,10H,5H2,1H3,(H,12,15). The summed E-state index contributed by atoms with van der Waals surface area (Å²) in [6, 6.07) is 4.07. The number of nitro benzene ring substituents is 1. The van der Waals surface area contributed by atoms with Gasteiger partial charge in [-0.1, -0.05) is 17.7 Å². The summed E-state index contributed by atoms with van der Waals surface area (Å²) in [5, 5.41) is 15.9. The van der Waals surface area contributed by atoms with Gasteiger partial charge in [0.2, 0.25) is 5.91 Å². The Morgan fingerprint density at radius 2 is 2.28 bits per heavy atom. The third-order valence-corrected chi connectivity index (χ3v) is 2.53. The topological polar surface area (TPSA) is 102 Å². The zero-order valence-corrected chi connectivity index (χ0v) is 10.2. The summed E-state index contributed by atoms with van der Waals surface area (Å²) in [5.41, 5.74) is -0.812. The molecule has 1 rings (SSSR count). The molecule has 1 atom stereocenters. The number of hydrogen-bond acceptors (Lipinski definition) is 5. The van der Waals surface area contributed by atoms with E-state index in [2.05, 4.69) is 10.5 Å². The maximum Gasteiger partial charge on any atom is 0.274 e. The highest BCUT2D eigenvalue weighted by Gasteiger charge is 2.18. The first-order chi connectivity index (χ1) is 8.45. The first-order valence-electron chi connectivity index (χ1n) is 4.94. The molecular formula is C10H10ClN3O4. The molecule has 96 valence electrons. The molecule has 1 aromatic rings. The molecule has 8 heteroatoms. The molecule has 18 heavy (non-hydrogen) atoms. The minimum absolute atomic E-state index is 0.0351. The molecule has 0 aromatic heterocycles.